The van der Waals surface area contributed by atoms with E-state index in [1.165, 1.54) is 0 Å². The van der Waals surface area contributed by atoms with Gasteiger partial charge >= 0.3 is 0 Å². The number of Topliss-reactive ketones (excluding diaryl/α,β-unsaturated/α-hetero) is 1. The molecule has 2 fully saturated rings. The summed E-state index contributed by atoms with van der Waals surface area (Å²) in [7, 11) is 0. The van der Waals surface area contributed by atoms with Gasteiger partial charge in [-0.05, 0) is 25.7 Å². The van der Waals surface area contributed by atoms with Crippen LogP contribution in [0.3, 0.4) is 0 Å². The van der Waals surface area contributed by atoms with E-state index in [0.29, 0.717) is 38.2 Å². The van der Waals surface area contributed by atoms with E-state index >= 15 is 0 Å². The highest BCUT2D eigenvalue weighted by Crippen LogP contribution is 2.23. The summed E-state index contributed by atoms with van der Waals surface area (Å²) in [6.45, 7) is 2.57. The van der Waals surface area contributed by atoms with Crippen molar-refractivity contribution in [2.24, 2.45) is 5.92 Å². The predicted octanol–water partition coefficient (Wildman–Crippen LogP) is 2.19. The van der Waals surface area contributed by atoms with Gasteiger partial charge in [-0.1, -0.05) is 35.5 Å². The third-order valence-electron chi connectivity index (χ3n) is 5.38. The van der Waals surface area contributed by atoms with Crippen LogP contribution in [0.1, 0.15) is 46.5 Å². The number of aromatic nitrogens is 3. The molecule has 0 bridgehead atoms. The van der Waals surface area contributed by atoms with E-state index in [4.69, 9.17) is 4.74 Å². The Morgan fingerprint density at radius 2 is 1.89 bits per heavy atom. The lowest BCUT2D eigenvalue weighted by Crippen LogP contribution is -2.40. The Morgan fingerprint density at radius 3 is 2.59 bits per heavy atom. The van der Waals surface area contributed by atoms with Gasteiger partial charge in [0.15, 0.2) is 11.5 Å². The minimum atomic E-state index is -0.112. The number of benzene rings is 1. The predicted molar refractivity (Wildman–Crippen MR) is 98.4 cm³/mol. The molecule has 3 heterocycles. The number of carbonyl (C=O) groups excluding carboxylic acids is 2. The quantitative estimate of drug-likeness (QED) is 0.756. The summed E-state index contributed by atoms with van der Waals surface area (Å²) in [4.78, 5) is 27.0. The Morgan fingerprint density at radius 1 is 1.11 bits per heavy atom. The molecule has 4 rings (SSSR count). The van der Waals surface area contributed by atoms with E-state index in [1.54, 1.807) is 15.8 Å². The van der Waals surface area contributed by atoms with Gasteiger partial charge in [0, 0.05) is 31.2 Å². The fourth-order valence-corrected chi connectivity index (χ4v) is 3.83. The summed E-state index contributed by atoms with van der Waals surface area (Å²) in [5, 5.41) is 8.10. The zero-order chi connectivity index (χ0) is 18.6. The van der Waals surface area contributed by atoms with Crippen LogP contribution in [-0.4, -0.2) is 57.4 Å². The Kier molecular flexibility index (Phi) is 5.29. The van der Waals surface area contributed by atoms with Crippen molar-refractivity contribution in [1.82, 2.24) is 19.9 Å². The average Bonchev–Trinajstić information content (AvgIpc) is 3.40. The van der Waals surface area contributed by atoms with Gasteiger partial charge in [-0.2, -0.15) is 0 Å². The minimum absolute atomic E-state index is 0.0216. The summed E-state index contributed by atoms with van der Waals surface area (Å²) >= 11 is 0. The van der Waals surface area contributed by atoms with Crippen LogP contribution in [0.15, 0.2) is 36.5 Å². The summed E-state index contributed by atoms with van der Waals surface area (Å²) in [5.41, 5.74) is 1.11. The van der Waals surface area contributed by atoms with E-state index in [2.05, 4.69) is 10.3 Å². The number of amides is 1. The standard InChI is InChI=1S/C20H24N4O3/c25-19(15-5-2-1-3-6-15)16-8-10-23(11-9-16)20(26)18-14-24(22-21-18)13-17-7-4-12-27-17/h1-3,5-6,14,16-17H,4,7-13H2. The van der Waals surface area contributed by atoms with Gasteiger partial charge in [0.05, 0.1) is 18.8 Å². The molecule has 0 aliphatic carbocycles. The van der Waals surface area contributed by atoms with Gasteiger partial charge in [-0.25, -0.2) is 4.68 Å². The summed E-state index contributed by atoms with van der Waals surface area (Å²) in [6.07, 6.45) is 5.32. The number of rotatable bonds is 5. The van der Waals surface area contributed by atoms with Crippen molar-refractivity contribution in [3.63, 3.8) is 0 Å². The molecule has 0 spiro atoms. The lowest BCUT2D eigenvalue weighted by Gasteiger charge is -2.30. The van der Waals surface area contributed by atoms with E-state index in [-0.39, 0.29) is 23.7 Å². The first-order chi connectivity index (χ1) is 13.2. The van der Waals surface area contributed by atoms with Crippen LogP contribution in [0.5, 0.6) is 0 Å². The zero-order valence-corrected chi connectivity index (χ0v) is 15.3. The first-order valence-corrected chi connectivity index (χ1v) is 9.61. The summed E-state index contributed by atoms with van der Waals surface area (Å²) in [6, 6.07) is 9.38. The lowest BCUT2D eigenvalue weighted by atomic mass is 9.89. The normalized spacial score (nSPS) is 20.7. The van der Waals surface area contributed by atoms with Crippen LogP contribution < -0.4 is 0 Å². The molecule has 0 N–H and O–H groups in total. The number of piperidine rings is 1. The number of nitrogens with zero attached hydrogens (tertiary/aromatic N) is 4. The molecule has 1 aromatic heterocycles. The van der Waals surface area contributed by atoms with E-state index in [9.17, 15) is 9.59 Å². The highest BCUT2D eigenvalue weighted by molar-refractivity contribution is 5.98. The first-order valence-electron chi connectivity index (χ1n) is 9.61. The lowest BCUT2D eigenvalue weighted by molar-refractivity contribution is 0.0645. The molecule has 1 aromatic carbocycles. The molecule has 142 valence electrons. The summed E-state index contributed by atoms with van der Waals surface area (Å²) in [5.74, 6) is 0.0380. The molecule has 2 aliphatic rings. The average molecular weight is 368 g/mol. The van der Waals surface area contributed by atoms with Gasteiger partial charge in [0.2, 0.25) is 0 Å². The second-order valence-corrected chi connectivity index (χ2v) is 7.26. The molecule has 2 aliphatic heterocycles. The van der Waals surface area contributed by atoms with Gasteiger partial charge in [0.1, 0.15) is 0 Å². The van der Waals surface area contributed by atoms with Crippen LogP contribution in [0.4, 0.5) is 0 Å². The van der Waals surface area contributed by atoms with Crippen LogP contribution in [0.25, 0.3) is 0 Å². The number of hydrogen-bond donors (Lipinski definition) is 0. The Labute approximate surface area is 158 Å². The van der Waals surface area contributed by atoms with Crippen molar-refractivity contribution < 1.29 is 14.3 Å². The fourth-order valence-electron chi connectivity index (χ4n) is 3.83. The topological polar surface area (TPSA) is 77.3 Å². The Bertz CT molecular complexity index is 791. The molecular weight excluding hydrogens is 344 g/mol. The third kappa shape index (κ3) is 4.08. The van der Waals surface area contributed by atoms with Gasteiger partial charge in [0.25, 0.3) is 5.91 Å². The van der Waals surface area contributed by atoms with Crippen molar-refractivity contribution in [3.8, 4) is 0 Å². The maximum absolute atomic E-state index is 12.7. The molecule has 2 aromatic rings. The van der Waals surface area contributed by atoms with E-state index in [0.717, 1.165) is 25.0 Å². The highest BCUT2D eigenvalue weighted by Gasteiger charge is 2.29. The molecule has 7 nitrogen and oxygen atoms in total. The molecule has 7 heteroatoms. The maximum atomic E-state index is 12.7. The fraction of sp³-hybridized carbons (Fsp3) is 0.500. The number of hydrogen-bond acceptors (Lipinski definition) is 5. The smallest absolute Gasteiger partial charge is 0.276 e. The molecule has 0 radical (unpaired) electrons. The van der Waals surface area contributed by atoms with Crippen molar-refractivity contribution in [2.75, 3.05) is 19.7 Å². The monoisotopic (exact) mass is 368 g/mol. The van der Waals surface area contributed by atoms with Gasteiger partial charge in [-0.15, -0.1) is 5.10 Å². The van der Waals surface area contributed by atoms with Crippen molar-refractivity contribution in [1.29, 1.82) is 0 Å². The number of ether oxygens (including phenoxy) is 1. The van der Waals surface area contributed by atoms with Gasteiger partial charge in [-0.3, -0.25) is 9.59 Å². The SMILES string of the molecule is O=C(c1ccccc1)C1CCN(C(=O)c2cn(CC3CCCO3)nn2)CC1. The molecule has 1 atom stereocenters. The largest absolute Gasteiger partial charge is 0.376 e. The van der Waals surface area contributed by atoms with Crippen LogP contribution in [-0.2, 0) is 11.3 Å². The van der Waals surface area contributed by atoms with E-state index in [1.807, 2.05) is 30.3 Å². The van der Waals surface area contributed by atoms with Crippen LogP contribution in [0, 0.1) is 5.92 Å². The second-order valence-electron chi connectivity index (χ2n) is 7.26. The van der Waals surface area contributed by atoms with Crippen molar-refractivity contribution in [2.45, 2.75) is 38.3 Å². The summed E-state index contributed by atoms with van der Waals surface area (Å²) < 4.78 is 7.29. The molecule has 0 saturated carbocycles. The second kappa shape index (κ2) is 8.00. The number of carbonyl (C=O) groups is 2. The molecular formula is C20H24N4O3. The maximum Gasteiger partial charge on any atom is 0.276 e. The third-order valence-corrected chi connectivity index (χ3v) is 5.38. The molecule has 2 saturated heterocycles. The van der Waals surface area contributed by atoms with Crippen LogP contribution >= 0.6 is 0 Å². The zero-order valence-electron chi connectivity index (χ0n) is 15.3. The van der Waals surface area contributed by atoms with Crippen molar-refractivity contribution >= 4 is 11.7 Å². The molecule has 1 unspecified atom stereocenters. The van der Waals surface area contributed by atoms with E-state index < -0.39 is 0 Å². The molecule has 1 amide bonds. The number of likely N-dealkylation sites (tertiary alicyclic amines) is 1. The first kappa shape index (κ1) is 17.9. The number of ketones is 1. The Hall–Kier alpha value is -2.54. The van der Waals surface area contributed by atoms with Crippen LogP contribution in [0.2, 0.25) is 0 Å². The Balaban J connectivity index is 1.32. The highest BCUT2D eigenvalue weighted by atomic mass is 16.5. The molecule has 27 heavy (non-hydrogen) atoms. The minimum Gasteiger partial charge on any atom is -0.376 e. The van der Waals surface area contributed by atoms with Gasteiger partial charge < -0.3 is 9.64 Å². The van der Waals surface area contributed by atoms with Crippen molar-refractivity contribution in [3.05, 3.63) is 47.8 Å².